The van der Waals surface area contributed by atoms with E-state index >= 15 is 0 Å². The summed E-state index contributed by atoms with van der Waals surface area (Å²) in [5, 5.41) is 7.13. The summed E-state index contributed by atoms with van der Waals surface area (Å²) in [6.07, 6.45) is 1.64. The van der Waals surface area contributed by atoms with Crippen molar-refractivity contribution in [2.75, 3.05) is 24.5 Å². The van der Waals surface area contributed by atoms with Gasteiger partial charge in [0.2, 0.25) is 0 Å². The van der Waals surface area contributed by atoms with Gasteiger partial charge in [-0.1, -0.05) is 54.1 Å². The number of piperazine rings is 1. The number of anilines is 1. The van der Waals surface area contributed by atoms with Gasteiger partial charge in [0.1, 0.15) is 5.82 Å². The molecule has 1 saturated heterocycles. The second-order valence-electron chi connectivity index (χ2n) is 7.08. The Morgan fingerprint density at radius 3 is 2.76 bits per heavy atom. The molecule has 5 nitrogen and oxygen atoms in total. The molecule has 0 unspecified atom stereocenters. The molecule has 3 aromatic rings. The summed E-state index contributed by atoms with van der Waals surface area (Å²) in [5.74, 6) is 0.741. The number of hydrogen-bond donors (Lipinski definition) is 2. The van der Waals surface area contributed by atoms with E-state index in [0.29, 0.717) is 17.1 Å². The second-order valence-corrected chi connectivity index (χ2v) is 7.52. The quantitative estimate of drug-likeness (QED) is 0.676. The molecule has 1 aromatic heterocycles. The number of nitrogens with one attached hydrogen (secondary N) is 2. The van der Waals surface area contributed by atoms with E-state index in [0.717, 1.165) is 31.0 Å². The van der Waals surface area contributed by atoms with Crippen LogP contribution in [0.15, 0.2) is 72.9 Å². The molecule has 0 bridgehead atoms. The average molecular weight is 407 g/mol. The third-order valence-corrected chi connectivity index (χ3v) is 5.29. The van der Waals surface area contributed by atoms with Crippen LogP contribution >= 0.6 is 11.6 Å². The van der Waals surface area contributed by atoms with E-state index < -0.39 is 0 Å². The normalized spacial score (nSPS) is 16.4. The molecule has 2 N–H and O–H groups in total. The standard InChI is InChI=1S/C23H23ClN4O/c24-20-8-4-5-17(13-20)14-27-23(29)19-9-10-22(26-15-19)28-12-11-25-21(16-28)18-6-2-1-3-7-18/h1-10,13,15,21,25H,11-12,14,16H2,(H,27,29)/t21-/m0/s1. The molecule has 0 aliphatic carbocycles. The van der Waals surface area contributed by atoms with Crippen LogP contribution in [-0.2, 0) is 6.54 Å². The Kier molecular flexibility index (Phi) is 6.08. The summed E-state index contributed by atoms with van der Waals surface area (Å²) in [6, 6.07) is 21.9. The van der Waals surface area contributed by atoms with Crippen LogP contribution in [0.3, 0.4) is 0 Å². The van der Waals surface area contributed by atoms with Crippen molar-refractivity contribution in [3.63, 3.8) is 0 Å². The van der Waals surface area contributed by atoms with E-state index in [1.165, 1.54) is 5.56 Å². The van der Waals surface area contributed by atoms with Crippen molar-refractivity contribution < 1.29 is 4.79 Å². The van der Waals surface area contributed by atoms with Crippen LogP contribution in [0.5, 0.6) is 0 Å². The number of carbonyl (C=O) groups is 1. The number of carbonyl (C=O) groups excluding carboxylic acids is 1. The lowest BCUT2D eigenvalue weighted by Crippen LogP contribution is -2.46. The number of rotatable bonds is 5. The summed E-state index contributed by atoms with van der Waals surface area (Å²) >= 11 is 5.99. The molecule has 0 spiro atoms. The summed E-state index contributed by atoms with van der Waals surface area (Å²) in [5.41, 5.74) is 2.78. The number of nitrogens with zero attached hydrogens (tertiary/aromatic N) is 2. The van der Waals surface area contributed by atoms with Gasteiger partial charge in [-0.3, -0.25) is 4.79 Å². The fourth-order valence-electron chi connectivity index (χ4n) is 3.51. The molecule has 29 heavy (non-hydrogen) atoms. The highest BCUT2D eigenvalue weighted by Gasteiger charge is 2.21. The molecule has 2 aromatic carbocycles. The highest BCUT2D eigenvalue weighted by molar-refractivity contribution is 6.30. The minimum Gasteiger partial charge on any atom is -0.353 e. The Balaban J connectivity index is 1.37. The molecule has 1 aliphatic rings. The monoisotopic (exact) mass is 406 g/mol. The highest BCUT2D eigenvalue weighted by Crippen LogP contribution is 2.21. The number of pyridine rings is 1. The van der Waals surface area contributed by atoms with Gasteiger partial charge in [-0.15, -0.1) is 0 Å². The lowest BCUT2D eigenvalue weighted by atomic mass is 10.0. The Morgan fingerprint density at radius 2 is 2.00 bits per heavy atom. The first-order chi connectivity index (χ1) is 14.2. The maximum Gasteiger partial charge on any atom is 0.253 e. The Labute approximate surface area is 175 Å². The maximum atomic E-state index is 12.4. The minimum atomic E-state index is -0.147. The number of halogens is 1. The van der Waals surface area contributed by atoms with Gasteiger partial charge >= 0.3 is 0 Å². The first-order valence-electron chi connectivity index (χ1n) is 9.71. The molecule has 1 fully saturated rings. The van der Waals surface area contributed by atoms with Crippen LogP contribution in [-0.4, -0.2) is 30.5 Å². The molecule has 0 radical (unpaired) electrons. The Hall–Kier alpha value is -2.89. The van der Waals surface area contributed by atoms with Gasteiger partial charge in [-0.25, -0.2) is 4.98 Å². The van der Waals surface area contributed by atoms with Crippen molar-refractivity contribution in [2.24, 2.45) is 0 Å². The molecule has 6 heteroatoms. The number of hydrogen-bond acceptors (Lipinski definition) is 4. The number of benzene rings is 2. The van der Waals surface area contributed by atoms with E-state index in [-0.39, 0.29) is 11.9 Å². The van der Waals surface area contributed by atoms with Crippen molar-refractivity contribution in [3.05, 3.63) is 94.6 Å². The molecule has 1 amide bonds. The Morgan fingerprint density at radius 1 is 1.14 bits per heavy atom. The van der Waals surface area contributed by atoms with Gasteiger partial charge in [0.05, 0.1) is 5.56 Å². The molecular weight excluding hydrogens is 384 g/mol. The predicted molar refractivity (Wildman–Crippen MR) is 116 cm³/mol. The third-order valence-electron chi connectivity index (χ3n) is 5.05. The molecule has 1 atom stereocenters. The van der Waals surface area contributed by atoms with Gasteiger partial charge in [0.15, 0.2) is 0 Å². The van der Waals surface area contributed by atoms with E-state index in [1.807, 2.05) is 42.5 Å². The van der Waals surface area contributed by atoms with E-state index in [1.54, 1.807) is 6.20 Å². The Bertz CT molecular complexity index is 962. The lowest BCUT2D eigenvalue weighted by molar-refractivity contribution is 0.0950. The van der Waals surface area contributed by atoms with Gasteiger partial charge in [-0.2, -0.15) is 0 Å². The molecule has 4 rings (SSSR count). The van der Waals surface area contributed by atoms with Crippen LogP contribution in [0.4, 0.5) is 5.82 Å². The van der Waals surface area contributed by atoms with E-state index in [9.17, 15) is 4.79 Å². The first-order valence-corrected chi connectivity index (χ1v) is 10.1. The van der Waals surface area contributed by atoms with Crippen molar-refractivity contribution >= 4 is 23.3 Å². The predicted octanol–water partition coefficient (Wildman–Crippen LogP) is 3.82. The van der Waals surface area contributed by atoms with Crippen molar-refractivity contribution in [1.29, 1.82) is 0 Å². The van der Waals surface area contributed by atoms with Gasteiger partial charge in [0.25, 0.3) is 5.91 Å². The zero-order valence-electron chi connectivity index (χ0n) is 16.0. The van der Waals surface area contributed by atoms with E-state index in [2.05, 4.69) is 44.8 Å². The van der Waals surface area contributed by atoms with Crippen LogP contribution in [0.2, 0.25) is 5.02 Å². The molecular formula is C23H23ClN4O. The molecule has 1 aliphatic heterocycles. The van der Waals surface area contributed by atoms with Gasteiger partial charge in [-0.05, 0) is 35.4 Å². The fourth-order valence-corrected chi connectivity index (χ4v) is 3.72. The van der Waals surface area contributed by atoms with Crippen LogP contribution < -0.4 is 15.5 Å². The van der Waals surface area contributed by atoms with E-state index in [4.69, 9.17) is 11.6 Å². The maximum absolute atomic E-state index is 12.4. The van der Waals surface area contributed by atoms with Crippen LogP contribution in [0, 0.1) is 0 Å². The first kappa shape index (κ1) is 19.4. The summed E-state index contributed by atoms with van der Waals surface area (Å²) in [6.45, 7) is 3.05. The highest BCUT2D eigenvalue weighted by atomic mass is 35.5. The summed E-state index contributed by atoms with van der Waals surface area (Å²) in [7, 11) is 0. The number of aromatic nitrogens is 1. The average Bonchev–Trinajstić information content (AvgIpc) is 2.78. The zero-order chi connectivity index (χ0) is 20.1. The zero-order valence-corrected chi connectivity index (χ0v) is 16.8. The SMILES string of the molecule is O=C(NCc1cccc(Cl)c1)c1ccc(N2CCN[C@H](c3ccccc3)C2)nc1. The van der Waals surface area contributed by atoms with Crippen molar-refractivity contribution in [1.82, 2.24) is 15.6 Å². The largest absolute Gasteiger partial charge is 0.353 e. The smallest absolute Gasteiger partial charge is 0.253 e. The molecule has 0 saturated carbocycles. The summed E-state index contributed by atoms with van der Waals surface area (Å²) in [4.78, 5) is 19.2. The third kappa shape index (κ3) is 4.94. The molecule has 2 heterocycles. The van der Waals surface area contributed by atoms with Crippen molar-refractivity contribution in [2.45, 2.75) is 12.6 Å². The number of amides is 1. The lowest BCUT2D eigenvalue weighted by Gasteiger charge is -2.34. The van der Waals surface area contributed by atoms with Gasteiger partial charge in [0, 0.05) is 43.4 Å². The van der Waals surface area contributed by atoms with Gasteiger partial charge < -0.3 is 15.5 Å². The molecule has 148 valence electrons. The topological polar surface area (TPSA) is 57.3 Å². The minimum absolute atomic E-state index is 0.147. The fraction of sp³-hybridized carbons (Fsp3) is 0.217. The van der Waals surface area contributed by atoms with Crippen molar-refractivity contribution in [3.8, 4) is 0 Å². The summed E-state index contributed by atoms with van der Waals surface area (Å²) < 4.78 is 0. The van der Waals surface area contributed by atoms with Crippen LogP contribution in [0.1, 0.15) is 27.5 Å². The van der Waals surface area contributed by atoms with Crippen LogP contribution in [0.25, 0.3) is 0 Å². The second kappa shape index (κ2) is 9.07.